The predicted octanol–water partition coefficient (Wildman–Crippen LogP) is 1.78. The van der Waals surface area contributed by atoms with Crippen LogP contribution in [0, 0.1) is 0 Å². The summed E-state index contributed by atoms with van der Waals surface area (Å²) in [4.78, 5) is 10.9. The standard InChI is InChI=1S/C11H11F3O3/c1-17-10(16)9(15)6-7-2-4-8(5-3-7)11(12,13)14/h2-5,9,15H,6H2,1H3. The van der Waals surface area contributed by atoms with Gasteiger partial charge in [-0.15, -0.1) is 0 Å². The molecule has 6 heteroatoms. The minimum Gasteiger partial charge on any atom is -0.467 e. The molecule has 1 aromatic rings. The van der Waals surface area contributed by atoms with Crippen LogP contribution in [0.1, 0.15) is 11.1 Å². The zero-order chi connectivity index (χ0) is 13.1. The minimum atomic E-state index is -4.39. The molecular weight excluding hydrogens is 237 g/mol. The average Bonchev–Trinajstić information content (AvgIpc) is 2.27. The van der Waals surface area contributed by atoms with Crippen LogP contribution in [0.4, 0.5) is 13.2 Å². The summed E-state index contributed by atoms with van der Waals surface area (Å²) in [5, 5.41) is 9.30. The van der Waals surface area contributed by atoms with E-state index in [9.17, 15) is 23.1 Å². The normalized spacial score (nSPS) is 13.2. The van der Waals surface area contributed by atoms with E-state index in [2.05, 4.69) is 4.74 Å². The van der Waals surface area contributed by atoms with Crippen LogP contribution in [0.3, 0.4) is 0 Å². The highest BCUT2D eigenvalue weighted by atomic mass is 19.4. The van der Waals surface area contributed by atoms with Crippen LogP contribution in [-0.2, 0) is 22.1 Å². The van der Waals surface area contributed by atoms with Crippen molar-refractivity contribution >= 4 is 5.97 Å². The molecule has 0 spiro atoms. The molecule has 0 radical (unpaired) electrons. The third-order valence-corrected chi connectivity index (χ3v) is 2.18. The Morgan fingerprint density at radius 2 is 1.88 bits per heavy atom. The highest BCUT2D eigenvalue weighted by Gasteiger charge is 2.30. The summed E-state index contributed by atoms with van der Waals surface area (Å²) in [6.45, 7) is 0. The van der Waals surface area contributed by atoms with E-state index in [1.807, 2.05) is 0 Å². The number of esters is 1. The Morgan fingerprint density at radius 1 is 1.35 bits per heavy atom. The SMILES string of the molecule is COC(=O)C(O)Cc1ccc(C(F)(F)F)cc1. The second-order valence-corrected chi connectivity index (χ2v) is 3.44. The number of ether oxygens (including phenoxy) is 1. The van der Waals surface area contributed by atoms with Gasteiger partial charge < -0.3 is 9.84 Å². The van der Waals surface area contributed by atoms with Crippen molar-refractivity contribution in [3.05, 3.63) is 35.4 Å². The first kappa shape index (κ1) is 13.5. The zero-order valence-corrected chi connectivity index (χ0v) is 8.99. The van der Waals surface area contributed by atoms with Gasteiger partial charge in [-0.1, -0.05) is 12.1 Å². The molecular formula is C11H11F3O3. The maximum atomic E-state index is 12.2. The summed E-state index contributed by atoms with van der Waals surface area (Å²) in [5.41, 5.74) is -0.343. The molecule has 1 aromatic carbocycles. The molecule has 1 unspecified atom stereocenters. The number of aliphatic hydroxyl groups excluding tert-OH is 1. The minimum absolute atomic E-state index is 0.0786. The lowest BCUT2D eigenvalue weighted by Crippen LogP contribution is -2.24. The van der Waals surface area contributed by atoms with Crippen LogP contribution in [0.15, 0.2) is 24.3 Å². The number of halogens is 3. The largest absolute Gasteiger partial charge is 0.467 e. The van der Waals surface area contributed by atoms with Crippen molar-refractivity contribution in [2.75, 3.05) is 7.11 Å². The summed E-state index contributed by atoms with van der Waals surface area (Å²) in [6, 6.07) is 4.24. The fraction of sp³-hybridized carbons (Fsp3) is 0.364. The van der Waals surface area contributed by atoms with Crippen molar-refractivity contribution in [3.63, 3.8) is 0 Å². The lowest BCUT2D eigenvalue weighted by Gasteiger charge is -2.10. The highest BCUT2D eigenvalue weighted by molar-refractivity contribution is 5.74. The smallest absolute Gasteiger partial charge is 0.416 e. The van der Waals surface area contributed by atoms with Gasteiger partial charge in [-0.2, -0.15) is 13.2 Å². The van der Waals surface area contributed by atoms with Crippen molar-refractivity contribution in [2.24, 2.45) is 0 Å². The second kappa shape index (κ2) is 5.18. The maximum Gasteiger partial charge on any atom is 0.416 e. The number of methoxy groups -OCH3 is 1. The molecule has 17 heavy (non-hydrogen) atoms. The number of hydrogen-bond acceptors (Lipinski definition) is 3. The van der Waals surface area contributed by atoms with E-state index in [-0.39, 0.29) is 6.42 Å². The van der Waals surface area contributed by atoms with Gasteiger partial charge in [-0.25, -0.2) is 4.79 Å². The van der Waals surface area contributed by atoms with Crippen molar-refractivity contribution < 1.29 is 27.8 Å². The molecule has 0 aliphatic rings. The summed E-state index contributed by atoms with van der Waals surface area (Å²) in [6.07, 6.45) is -5.83. The van der Waals surface area contributed by atoms with Crippen LogP contribution in [0.2, 0.25) is 0 Å². The number of aliphatic hydroxyl groups is 1. The number of rotatable bonds is 3. The van der Waals surface area contributed by atoms with Gasteiger partial charge in [0, 0.05) is 6.42 Å². The fourth-order valence-corrected chi connectivity index (χ4v) is 1.27. The Morgan fingerprint density at radius 3 is 2.29 bits per heavy atom. The first-order chi connectivity index (χ1) is 7.84. The molecule has 1 rings (SSSR count). The van der Waals surface area contributed by atoms with Gasteiger partial charge in [0.1, 0.15) is 0 Å². The second-order valence-electron chi connectivity index (χ2n) is 3.44. The van der Waals surface area contributed by atoms with Gasteiger partial charge in [0.05, 0.1) is 12.7 Å². The van der Waals surface area contributed by atoms with Gasteiger partial charge in [-0.3, -0.25) is 0 Å². The molecule has 0 amide bonds. The Hall–Kier alpha value is -1.56. The van der Waals surface area contributed by atoms with E-state index < -0.39 is 23.8 Å². The van der Waals surface area contributed by atoms with Gasteiger partial charge in [0.25, 0.3) is 0 Å². The average molecular weight is 248 g/mol. The molecule has 0 saturated heterocycles. The van der Waals surface area contributed by atoms with E-state index in [0.29, 0.717) is 5.56 Å². The summed E-state index contributed by atoms with van der Waals surface area (Å²) < 4.78 is 41.0. The van der Waals surface area contributed by atoms with E-state index in [0.717, 1.165) is 19.2 Å². The number of hydrogen-bond donors (Lipinski definition) is 1. The number of carbonyl (C=O) groups excluding carboxylic acids is 1. The van der Waals surface area contributed by atoms with Crippen molar-refractivity contribution in [3.8, 4) is 0 Å². The van der Waals surface area contributed by atoms with E-state index in [4.69, 9.17) is 0 Å². The Kier molecular flexibility index (Phi) is 4.11. The fourth-order valence-electron chi connectivity index (χ4n) is 1.27. The zero-order valence-electron chi connectivity index (χ0n) is 8.99. The number of alkyl halides is 3. The Labute approximate surface area is 95.8 Å². The Bertz CT molecular complexity index is 384. The first-order valence-electron chi connectivity index (χ1n) is 4.76. The summed E-state index contributed by atoms with van der Waals surface area (Å²) in [7, 11) is 1.12. The summed E-state index contributed by atoms with van der Waals surface area (Å²) >= 11 is 0. The van der Waals surface area contributed by atoms with Crippen LogP contribution >= 0.6 is 0 Å². The molecule has 0 bridgehead atoms. The molecule has 0 heterocycles. The lowest BCUT2D eigenvalue weighted by atomic mass is 10.1. The first-order valence-corrected chi connectivity index (χ1v) is 4.76. The van der Waals surface area contributed by atoms with Crippen LogP contribution in [0.25, 0.3) is 0 Å². The number of benzene rings is 1. The molecule has 0 aromatic heterocycles. The highest BCUT2D eigenvalue weighted by Crippen LogP contribution is 2.29. The molecule has 94 valence electrons. The van der Waals surface area contributed by atoms with E-state index in [1.165, 1.54) is 12.1 Å². The van der Waals surface area contributed by atoms with Gasteiger partial charge in [0.15, 0.2) is 6.10 Å². The molecule has 0 aliphatic carbocycles. The Balaban J connectivity index is 2.72. The predicted molar refractivity (Wildman–Crippen MR) is 53.2 cm³/mol. The van der Waals surface area contributed by atoms with Crippen LogP contribution < -0.4 is 0 Å². The lowest BCUT2D eigenvalue weighted by molar-refractivity contribution is -0.150. The van der Waals surface area contributed by atoms with Crippen molar-refractivity contribution in [1.82, 2.24) is 0 Å². The van der Waals surface area contributed by atoms with Gasteiger partial charge in [-0.05, 0) is 17.7 Å². The molecule has 0 saturated carbocycles. The van der Waals surface area contributed by atoms with Crippen molar-refractivity contribution in [2.45, 2.75) is 18.7 Å². The van der Waals surface area contributed by atoms with Crippen molar-refractivity contribution in [1.29, 1.82) is 0 Å². The van der Waals surface area contributed by atoms with Gasteiger partial charge >= 0.3 is 12.1 Å². The monoisotopic (exact) mass is 248 g/mol. The molecule has 1 N–H and O–H groups in total. The number of carbonyl (C=O) groups is 1. The third kappa shape index (κ3) is 3.74. The third-order valence-electron chi connectivity index (χ3n) is 2.18. The van der Waals surface area contributed by atoms with Crippen LogP contribution in [0.5, 0.6) is 0 Å². The maximum absolute atomic E-state index is 12.2. The molecule has 3 nitrogen and oxygen atoms in total. The molecule has 0 aliphatic heterocycles. The van der Waals surface area contributed by atoms with E-state index >= 15 is 0 Å². The topological polar surface area (TPSA) is 46.5 Å². The quantitative estimate of drug-likeness (QED) is 0.829. The van der Waals surface area contributed by atoms with Crippen LogP contribution in [-0.4, -0.2) is 24.3 Å². The van der Waals surface area contributed by atoms with E-state index in [1.54, 1.807) is 0 Å². The molecule has 1 atom stereocenters. The molecule has 0 fully saturated rings. The summed E-state index contributed by atoms with van der Waals surface area (Å²) in [5.74, 6) is -0.815. The van der Waals surface area contributed by atoms with Gasteiger partial charge in [0.2, 0.25) is 0 Å².